The predicted octanol–water partition coefficient (Wildman–Crippen LogP) is 1.40. The number of nitrogens with zero attached hydrogens (tertiary/aromatic N) is 2. The maximum absolute atomic E-state index is 11.1. The fraction of sp³-hybridized carbons (Fsp3) is 0.600. The van der Waals surface area contributed by atoms with Gasteiger partial charge in [-0.1, -0.05) is 0 Å². The highest BCUT2D eigenvalue weighted by Crippen LogP contribution is 2.21. The first-order valence-electron chi connectivity index (χ1n) is 4.92. The maximum Gasteiger partial charge on any atom is 0.211 e. The molecule has 0 N–H and O–H groups in total. The van der Waals surface area contributed by atoms with Crippen LogP contribution in [0.5, 0.6) is 0 Å². The average Bonchev–Trinajstić information content (AvgIpc) is 2.71. The van der Waals surface area contributed by atoms with Gasteiger partial charge in [-0.2, -0.15) is 0 Å². The third kappa shape index (κ3) is 1.85. The molecule has 14 heavy (non-hydrogen) atoms. The molecule has 0 spiro atoms. The molecule has 4 nitrogen and oxygen atoms in total. The second kappa shape index (κ2) is 3.92. The molecule has 0 bridgehead atoms. The quantitative estimate of drug-likeness (QED) is 0.714. The van der Waals surface area contributed by atoms with Crippen LogP contribution in [0.3, 0.4) is 0 Å². The highest BCUT2D eigenvalue weighted by Gasteiger charge is 2.23. The fourth-order valence-corrected chi connectivity index (χ4v) is 1.76. The standard InChI is InChI=1S/C10H14N2O2/c1-8(10-11-4-7-14-10)12-5-2-9(13)3-6-12/h4,7-8H,2-3,5-6H2,1H3. The number of carbonyl (C=O) groups is 1. The highest BCUT2D eigenvalue weighted by atomic mass is 16.3. The van der Waals surface area contributed by atoms with Gasteiger partial charge in [-0.25, -0.2) is 4.98 Å². The summed E-state index contributed by atoms with van der Waals surface area (Å²) >= 11 is 0. The molecule has 4 heteroatoms. The van der Waals surface area contributed by atoms with Crippen LogP contribution in [0.25, 0.3) is 0 Å². The molecule has 0 radical (unpaired) electrons. The van der Waals surface area contributed by atoms with Gasteiger partial charge < -0.3 is 4.42 Å². The third-order valence-electron chi connectivity index (χ3n) is 2.71. The van der Waals surface area contributed by atoms with Crippen molar-refractivity contribution in [1.82, 2.24) is 9.88 Å². The summed E-state index contributed by atoms with van der Waals surface area (Å²) in [6, 6.07) is 0.179. The summed E-state index contributed by atoms with van der Waals surface area (Å²) in [5, 5.41) is 0. The molecule has 2 heterocycles. The fourth-order valence-electron chi connectivity index (χ4n) is 1.76. The molecule has 0 saturated carbocycles. The first kappa shape index (κ1) is 9.40. The van der Waals surface area contributed by atoms with Gasteiger partial charge in [-0.3, -0.25) is 9.69 Å². The van der Waals surface area contributed by atoms with Gasteiger partial charge >= 0.3 is 0 Å². The number of hydrogen-bond donors (Lipinski definition) is 0. The van der Waals surface area contributed by atoms with E-state index in [-0.39, 0.29) is 6.04 Å². The zero-order valence-corrected chi connectivity index (χ0v) is 8.27. The molecule has 1 aromatic rings. The lowest BCUT2D eigenvalue weighted by Crippen LogP contribution is -2.35. The second-order valence-electron chi connectivity index (χ2n) is 3.62. The van der Waals surface area contributed by atoms with E-state index in [9.17, 15) is 4.79 Å². The molecule has 0 amide bonds. The van der Waals surface area contributed by atoms with Gasteiger partial charge in [0, 0.05) is 25.9 Å². The van der Waals surface area contributed by atoms with Crippen molar-refractivity contribution in [2.75, 3.05) is 13.1 Å². The van der Waals surface area contributed by atoms with Crippen LogP contribution in [0.1, 0.15) is 31.7 Å². The molecule has 1 aliphatic rings. The van der Waals surface area contributed by atoms with Crippen LogP contribution in [-0.4, -0.2) is 28.8 Å². The first-order chi connectivity index (χ1) is 6.77. The van der Waals surface area contributed by atoms with E-state index in [1.54, 1.807) is 12.5 Å². The Morgan fingerprint density at radius 2 is 2.21 bits per heavy atom. The monoisotopic (exact) mass is 194 g/mol. The Hall–Kier alpha value is -1.16. The van der Waals surface area contributed by atoms with Crippen LogP contribution < -0.4 is 0 Å². The van der Waals surface area contributed by atoms with Gasteiger partial charge in [-0.15, -0.1) is 0 Å². The Bertz CT molecular complexity index is 298. The van der Waals surface area contributed by atoms with Gasteiger partial charge in [0.05, 0.1) is 12.2 Å². The molecule has 2 rings (SSSR count). The SMILES string of the molecule is CC(c1ncco1)N1CCC(=O)CC1. The highest BCUT2D eigenvalue weighted by molar-refractivity contribution is 5.79. The van der Waals surface area contributed by atoms with Crippen LogP contribution in [0.2, 0.25) is 0 Å². The third-order valence-corrected chi connectivity index (χ3v) is 2.71. The summed E-state index contributed by atoms with van der Waals surface area (Å²) in [7, 11) is 0. The largest absolute Gasteiger partial charge is 0.447 e. The Kier molecular flexibility index (Phi) is 2.63. The molecule has 1 aromatic heterocycles. The van der Waals surface area contributed by atoms with Gasteiger partial charge in [0.2, 0.25) is 5.89 Å². The number of likely N-dealkylation sites (tertiary alicyclic amines) is 1. The van der Waals surface area contributed by atoms with E-state index in [1.807, 2.05) is 0 Å². The lowest BCUT2D eigenvalue weighted by Gasteiger charge is -2.29. The number of carbonyl (C=O) groups excluding carboxylic acids is 1. The Balaban J connectivity index is 1.99. The van der Waals surface area contributed by atoms with E-state index >= 15 is 0 Å². The molecule has 1 atom stereocenters. The van der Waals surface area contributed by atoms with Crippen molar-refractivity contribution in [3.63, 3.8) is 0 Å². The summed E-state index contributed by atoms with van der Waals surface area (Å²) in [6.45, 7) is 3.70. The normalized spacial score (nSPS) is 21.1. The predicted molar refractivity (Wildman–Crippen MR) is 50.7 cm³/mol. The van der Waals surface area contributed by atoms with Crippen molar-refractivity contribution < 1.29 is 9.21 Å². The minimum atomic E-state index is 0.179. The summed E-state index contributed by atoms with van der Waals surface area (Å²) in [6.07, 6.45) is 4.55. The molecule has 0 aliphatic carbocycles. The maximum atomic E-state index is 11.1. The van der Waals surface area contributed by atoms with E-state index in [0.717, 1.165) is 19.0 Å². The number of hydrogen-bond acceptors (Lipinski definition) is 4. The van der Waals surface area contributed by atoms with E-state index in [1.165, 1.54) is 0 Å². The molecule has 1 unspecified atom stereocenters. The van der Waals surface area contributed by atoms with Crippen LogP contribution in [0.4, 0.5) is 0 Å². The number of oxazole rings is 1. The summed E-state index contributed by atoms with van der Waals surface area (Å²) in [5.74, 6) is 1.10. The van der Waals surface area contributed by atoms with E-state index in [0.29, 0.717) is 18.6 Å². The smallest absolute Gasteiger partial charge is 0.211 e. The number of rotatable bonds is 2. The van der Waals surface area contributed by atoms with Gasteiger partial charge in [-0.05, 0) is 6.92 Å². The van der Waals surface area contributed by atoms with E-state index < -0.39 is 0 Å². The zero-order chi connectivity index (χ0) is 9.97. The number of aromatic nitrogens is 1. The molecule has 0 aromatic carbocycles. The van der Waals surface area contributed by atoms with Crippen molar-refractivity contribution in [2.45, 2.75) is 25.8 Å². The average molecular weight is 194 g/mol. The van der Waals surface area contributed by atoms with Crippen LogP contribution in [0.15, 0.2) is 16.9 Å². The Morgan fingerprint density at radius 3 is 2.79 bits per heavy atom. The van der Waals surface area contributed by atoms with Crippen molar-refractivity contribution in [3.8, 4) is 0 Å². The van der Waals surface area contributed by atoms with E-state index in [4.69, 9.17) is 4.42 Å². The van der Waals surface area contributed by atoms with Crippen LogP contribution in [-0.2, 0) is 4.79 Å². The number of piperidine rings is 1. The lowest BCUT2D eigenvalue weighted by atomic mass is 10.1. The van der Waals surface area contributed by atoms with Crippen LogP contribution >= 0.6 is 0 Å². The first-order valence-corrected chi connectivity index (χ1v) is 4.92. The summed E-state index contributed by atoms with van der Waals surface area (Å²) in [4.78, 5) is 17.4. The summed E-state index contributed by atoms with van der Waals surface area (Å²) in [5.41, 5.74) is 0. The van der Waals surface area contributed by atoms with Crippen LogP contribution in [0, 0.1) is 0 Å². The van der Waals surface area contributed by atoms with Crippen molar-refractivity contribution in [3.05, 3.63) is 18.4 Å². The zero-order valence-electron chi connectivity index (χ0n) is 8.27. The van der Waals surface area contributed by atoms with Gasteiger partial charge in [0.1, 0.15) is 12.0 Å². The molecule has 1 aliphatic heterocycles. The molecular weight excluding hydrogens is 180 g/mol. The van der Waals surface area contributed by atoms with E-state index in [2.05, 4.69) is 16.8 Å². The number of Topliss-reactive ketones (excluding diaryl/α,β-unsaturated/α-hetero) is 1. The lowest BCUT2D eigenvalue weighted by molar-refractivity contribution is -0.122. The molecule has 76 valence electrons. The van der Waals surface area contributed by atoms with Crippen molar-refractivity contribution in [1.29, 1.82) is 0 Å². The van der Waals surface area contributed by atoms with Gasteiger partial charge in [0.25, 0.3) is 0 Å². The van der Waals surface area contributed by atoms with Crippen molar-refractivity contribution in [2.24, 2.45) is 0 Å². The Labute approximate surface area is 82.9 Å². The molecule has 1 saturated heterocycles. The summed E-state index contributed by atoms with van der Waals surface area (Å²) < 4.78 is 5.24. The molecular formula is C10H14N2O2. The minimum absolute atomic E-state index is 0.179. The molecule has 1 fully saturated rings. The topological polar surface area (TPSA) is 46.3 Å². The van der Waals surface area contributed by atoms with Gasteiger partial charge in [0.15, 0.2) is 0 Å². The number of ketones is 1. The Morgan fingerprint density at radius 1 is 1.50 bits per heavy atom. The minimum Gasteiger partial charge on any atom is -0.447 e. The van der Waals surface area contributed by atoms with Crippen molar-refractivity contribution >= 4 is 5.78 Å². The second-order valence-corrected chi connectivity index (χ2v) is 3.62.